The molecule has 0 unspecified atom stereocenters. The first kappa shape index (κ1) is 19.7. The molecule has 0 aliphatic carbocycles. The standard InChI is InChI=1S/3C6H9NO/c1-5(2)6-3-8-4-7-6;1-5(2)6-3-7-4-8-6;1-5(2)6-7-3-4-8-6/h3*3-5H,1-2H3. The molecule has 0 bridgehead atoms. The van der Waals surface area contributed by atoms with E-state index in [0.717, 1.165) is 17.3 Å². The van der Waals surface area contributed by atoms with Gasteiger partial charge in [-0.2, -0.15) is 0 Å². The van der Waals surface area contributed by atoms with E-state index in [-0.39, 0.29) is 0 Å². The largest absolute Gasteiger partial charge is 0.451 e. The molecule has 0 aliphatic heterocycles. The molecule has 0 fully saturated rings. The fourth-order valence-electron chi connectivity index (χ4n) is 1.54. The maximum absolute atomic E-state index is 4.98. The van der Waals surface area contributed by atoms with Crippen LogP contribution in [0.5, 0.6) is 0 Å². The second-order valence-corrected chi connectivity index (χ2v) is 6.15. The number of hydrogen-bond donors (Lipinski definition) is 0. The molecule has 0 aliphatic rings. The lowest BCUT2D eigenvalue weighted by Crippen LogP contribution is -1.83. The van der Waals surface area contributed by atoms with Crippen molar-refractivity contribution in [1.29, 1.82) is 0 Å². The van der Waals surface area contributed by atoms with Crippen LogP contribution in [0.2, 0.25) is 0 Å². The number of rotatable bonds is 3. The summed E-state index contributed by atoms with van der Waals surface area (Å²) in [6.45, 7) is 12.4. The molecule has 3 aromatic rings. The van der Waals surface area contributed by atoms with Crippen molar-refractivity contribution >= 4 is 0 Å². The number of hydrogen-bond acceptors (Lipinski definition) is 6. The van der Waals surface area contributed by atoms with Crippen LogP contribution in [0.3, 0.4) is 0 Å². The van der Waals surface area contributed by atoms with Crippen LogP contribution in [0.4, 0.5) is 0 Å². The van der Waals surface area contributed by atoms with Gasteiger partial charge in [0.2, 0.25) is 0 Å². The summed E-state index contributed by atoms with van der Waals surface area (Å²) in [6, 6.07) is 0. The Hall–Kier alpha value is -2.37. The van der Waals surface area contributed by atoms with Crippen LogP contribution in [0.25, 0.3) is 0 Å². The van der Waals surface area contributed by atoms with Gasteiger partial charge in [-0.15, -0.1) is 0 Å². The third kappa shape index (κ3) is 7.26. The fourth-order valence-corrected chi connectivity index (χ4v) is 1.54. The molecular formula is C18H27N3O3. The smallest absolute Gasteiger partial charge is 0.196 e. The highest BCUT2D eigenvalue weighted by molar-refractivity contribution is 4.96. The SMILES string of the molecule is CC(C)c1cnco1.CC(C)c1cocn1.CC(C)c1ncco1. The monoisotopic (exact) mass is 333 g/mol. The van der Waals surface area contributed by atoms with Crippen LogP contribution in [0, 0.1) is 0 Å². The van der Waals surface area contributed by atoms with E-state index in [9.17, 15) is 0 Å². The van der Waals surface area contributed by atoms with Crippen LogP contribution >= 0.6 is 0 Å². The average Bonchev–Trinajstić information content (AvgIpc) is 3.29. The second kappa shape index (κ2) is 10.4. The summed E-state index contributed by atoms with van der Waals surface area (Å²) in [5.41, 5.74) is 1.02. The van der Waals surface area contributed by atoms with Crippen molar-refractivity contribution in [2.45, 2.75) is 59.3 Å². The molecule has 0 saturated carbocycles. The van der Waals surface area contributed by atoms with E-state index < -0.39 is 0 Å². The zero-order valence-corrected chi connectivity index (χ0v) is 15.3. The van der Waals surface area contributed by atoms with Gasteiger partial charge in [0.05, 0.1) is 18.1 Å². The first-order chi connectivity index (χ1) is 11.4. The third-order valence-electron chi connectivity index (χ3n) is 3.01. The predicted molar refractivity (Wildman–Crippen MR) is 91.8 cm³/mol. The molecule has 0 spiro atoms. The summed E-state index contributed by atoms with van der Waals surface area (Å²) >= 11 is 0. The molecule has 3 heterocycles. The Kier molecular flexibility index (Phi) is 8.54. The van der Waals surface area contributed by atoms with Gasteiger partial charge in [0, 0.05) is 11.8 Å². The quantitative estimate of drug-likeness (QED) is 0.639. The lowest BCUT2D eigenvalue weighted by Gasteiger charge is -1.93. The Morgan fingerprint density at radius 1 is 0.833 bits per heavy atom. The average molecular weight is 333 g/mol. The molecule has 6 nitrogen and oxygen atoms in total. The first-order valence-corrected chi connectivity index (χ1v) is 8.07. The summed E-state index contributed by atoms with van der Waals surface area (Å²) in [5, 5.41) is 0. The van der Waals surface area contributed by atoms with Gasteiger partial charge in [0.15, 0.2) is 18.7 Å². The highest BCUT2D eigenvalue weighted by Crippen LogP contribution is 2.11. The van der Waals surface area contributed by atoms with Crippen molar-refractivity contribution < 1.29 is 13.3 Å². The topological polar surface area (TPSA) is 78.1 Å². The predicted octanol–water partition coefficient (Wildman–Crippen LogP) is 5.39. The van der Waals surface area contributed by atoms with E-state index in [1.807, 2.05) is 13.8 Å². The molecule has 0 atom stereocenters. The fraction of sp³-hybridized carbons (Fsp3) is 0.500. The third-order valence-corrected chi connectivity index (χ3v) is 3.01. The molecular weight excluding hydrogens is 306 g/mol. The maximum Gasteiger partial charge on any atom is 0.196 e. The number of nitrogens with zero attached hydrogens (tertiary/aromatic N) is 3. The lowest BCUT2D eigenvalue weighted by atomic mass is 10.2. The van der Waals surface area contributed by atoms with Crippen LogP contribution in [0.1, 0.15) is 76.6 Å². The van der Waals surface area contributed by atoms with Gasteiger partial charge in [-0.05, 0) is 5.92 Å². The number of aromatic nitrogens is 3. The van der Waals surface area contributed by atoms with Crippen molar-refractivity contribution in [3.8, 4) is 0 Å². The van der Waals surface area contributed by atoms with Gasteiger partial charge in [0.25, 0.3) is 0 Å². The van der Waals surface area contributed by atoms with Crippen molar-refractivity contribution in [1.82, 2.24) is 15.0 Å². The van der Waals surface area contributed by atoms with Gasteiger partial charge < -0.3 is 13.3 Å². The van der Waals surface area contributed by atoms with Crippen LogP contribution in [-0.2, 0) is 0 Å². The van der Waals surface area contributed by atoms with E-state index in [0.29, 0.717) is 17.8 Å². The minimum Gasteiger partial charge on any atom is -0.451 e. The molecule has 3 aromatic heterocycles. The number of oxazole rings is 3. The minimum absolute atomic E-state index is 0.407. The Balaban J connectivity index is 0.000000180. The minimum atomic E-state index is 0.407. The van der Waals surface area contributed by atoms with Crippen LogP contribution in [-0.4, -0.2) is 15.0 Å². The molecule has 3 rings (SSSR count). The van der Waals surface area contributed by atoms with Crippen LogP contribution < -0.4 is 0 Å². The van der Waals surface area contributed by atoms with Gasteiger partial charge in [0.1, 0.15) is 18.3 Å². The molecule has 0 aromatic carbocycles. The van der Waals surface area contributed by atoms with E-state index in [1.165, 1.54) is 12.8 Å². The van der Waals surface area contributed by atoms with E-state index in [1.54, 1.807) is 24.9 Å². The molecule has 0 N–H and O–H groups in total. The molecule has 0 amide bonds. The Bertz CT molecular complexity index is 522. The summed E-state index contributed by atoms with van der Waals surface area (Å²) in [5.74, 6) is 3.10. The maximum atomic E-state index is 4.98. The second-order valence-electron chi connectivity index (χ2n) is 6.15. The van der Waals surface area contributed by atoms with E-state index in [4.69, 9.17) is 13.3 Å². The van der Waals surface area contributed by atoms with Gasteiger partial charge in [-0.1, -0.05) is 41.5 Å². The van der Waals surface area contributed by atoms with Gasteiger partial charge in [-0.25, -0.2) is 15.0 Å². The van der Waals surface area contributed by atoms with E-state index >= 15 is 0 Å². The van der Waals surface area contributed by atoms with Crippen LogP contribution in [0.15, 0.2) is 51.0 Å². The Labute approximate surface area is 143 Å². The molecule has 6 heteroatoms. The van der Waals surface area contributed by atoms with Crippen molar-refractivity contribution in [2.75, 3.05) is 0 Å². The summed E-state index contributed by atoms with van der Waals surface area (Å²) < 4.78 is 14.7. The lowest BCUT2D eigenvalue weighted by molar-refractivity contribution is 0.471. The zero-order chi connectivity index (χ0) is 17.9. The van der Waals surface area contributed by atoms with Crippen molar-refractivity contribution in [2.24, 2.45) is 0 Å². The highest BCUT2D eigenvalue weighted by atomic mass is 16.3. The van der Waals surface area contributed by atoms with Gasteiger partial charge in [-0.3, -0.25) is 0 Å². The Morgan fingerprint density at radius 2 is 1.58 bits per heavy atom. The molecule has 132 valence electrons. The molecule has 24 heavy (non-hydrogen) atoms. The van der Waals surface area contributed by atoms with E-state index in [2.05, 4.69) is 42.6 Å². The Morgan fingerprint density at radius 3 is 1.83 bits per heavy atom. The van der Waals surface area contributed by atoms with Gasteiger partial charge >= 0.3 is 0 Å². The van der Waals surface area contributed by atoms with Crippen molar-refractivity contribution in [3.63, 3.8) is 0 Å². The molecule has 0 saturated heterocycles. The summed E-state index contributed by atoms with van der Waals surface area (Å²) in [4.78, 5) is 11.7. The summed E-state index contributed by atoms with van der Waals surface area (Å²) in [6.07, 6.45) is 9.57. The zero-order valence-electron chi connectivity index (χ0n) is 15.3. The molecule has 0 radical (unpaired) electrons. The highest BCUT2D eigenvalue weighted by Gasteiger charge is 2.00. The first-order valence-electron chi connectivity index (χ1n) is 8.07. The normalized spacial score (nSPS) is 10.4. The summed E-state index contributed by atoms with van der Waals surface area (Å²) in [7, 11) is 0. The van der Waals surface area contributed by atoms with Crippen molar-refractivity contribution in [3.05, 3.63) is 55.1 Å².